The van der Waals surface area contributed by atoms with Gasteiger partial charge in [0, 0.05) is 5.02 Å². The van der Waals surface area contributed by atoms with Crippen LogP contribution >= 0.6 is 11.6 Å². The van der Waals surface area contributed by atoms with Gasteiger partial charge in [0.15, 0.2) is 0 Å². The molecule has 1 fully saturated rings. The third-order valence-electron chi connectivity index (χ3n) is 3.37. The van der Waals surface area contributed by atoms with Crippen molar-refractivity contribution in [3.8, 4) is 5.75 Å². The molecule has 0 atom stereocenters. The van der Waals surface area contributed by atoms with Crippen LogP contribution in [0.2, 0.25) is 5.02 Å². The average molecular weight is 343 g/mol. The van der Waals surface area contributed by atoms with Crippen molar-refractivity contribution in [1.29, 1.82) is 0 Å². The van der Waals surface area contributed by atoms with Crippen LogP contribution < -0.4 is 10.2 Å². The van der Waals surface area contributed by atoms with Crippen LogP contribution in [-0.2, 0) is 9.59 Å². The van der Waals surface area contributed by atoms with Gasteiger partial charge in [-0.2, -0.15) is 0 Å². The standard InChI is InChI=1S/C17H11ClN2O4/c18-11-4-6-12(7-5-11)20-16(23)14(15(22)19-17(20)24)9-10-2-1-3-13(21)8-10/h1-9,21H,(H,19,22,24)/b14-9-. The van der Waals surface area contributed by atoms with Crippen LogP contribution in [0.15, 0.2) is 54.1 Å². The highest BCUT2D eigenvalue weighted by Crippen LogP contribution is 2.24. The van der Waals surface area contributed by atoms with Gasteiger partial charge in [-0.05, 0) is 48.0 Å². The topological polar surface area (TPSA) is 86.7 Å². The number of rotatable bonds is 2. The third kappa shape index (κ3) is 3.00. The monoisotopic (exact) mass is 342 g/mol. The van der Waals surface area contributed by atoms with Gasteiger partial charge >= 0.3 is 6.03 Å². The quantitative estimate of drug-likeness (QED) is 0.649. The second-order valence-electron chi connectivity index (χ2n) is 5.03. The van der Waals surface area contributed by atoms with Crippen molar-refractivity contribution in [3.05, 3.63) is 64.7 Å². The van der Waals surface area contributed by atoms with Crippen molar-refractivity contribution in [2.45, 2.75) is 0 Å². The van der Waals surface area contributed by atoms with Crippen molar-refractivity contribution in [3.63, 3.8) is 0 Å². The summed E-state index contributed by atoms with van der Waals surface area (Å²) in [4.78, 5) is 37.5. The average Bonchev–Trinajstić information content (AvgIpc) is 2.53. The van der Waals surface area contributed by atoms with Crippen LogP contribution in [-0.4, -0.2) is 23.0 Å². The number of phenolic OH excluding ortho intramolecular Hbond substituents is 1. The maximum Gasteiger partial charge on any atom is 0.335 e. The maximum atomic E-state index is 12.6. The van der Waals surface area contributed by atoms with Crippen LogP contribution in [0.4, 0.5) is 10.5 Å². The summed E-state index contributed by atoms with van der Waals surface area (Å²) in [7, 11) is 0. The van der Waals surface area contributed by atoms with E-state index in [-0.39, 0.29) is 17.0 Å². The van der Waals surface area contributed by atoms with Crippen LogP contribution in [0.5, 0.6) is 5.75 Å². The van der Waals surface area contributed by atoms with Gasteiger partial charge in [-0.25, -0.2) is 9.69 Å². The number of amides is 4. The highest BCUT2D eigenvalue weighted by molar-refractivity contribution is 6.39. The van der Waals surface area contributed by atoms with Gasteiger partial charge in [0.1, 0.15) is 11.3 Å². The van der Waals surface area contributed by atoms with Gasteiger partial charge in [0.2, 0.25) is 0 Å². The lowest BCUT2D eigenvalue weighted by Gasteiger charge is -2.26. The molecule has 120 valence electrons. The molecule has 0 aromatic heterocycles. The summed E-state index contributed by atoms with van der Waals surface area (Å²) >= 11 is 5.80. The summed E-state index contributed by atoms with van der Waals surface area (Å²) in [6, 6.07) is 11.3. The molecule has 3 rings (SSSR count). The first-order valence-electron chi connectivity index (χ1n) is 6.92. The van der Waals surface area contributed by atoms with Crippen LogP contribution in [0.1, 0.15) is 5.56 Å². The maximum absolute atomic E-state index is 12.6. The molecule has 0 aliphatic carbocycles. The second-order valence-corrected chi connectivity index (χ2v) is 5.47. The molecule has 2 aromatic rings. The van der Waals surface area contributed by atoms with E-state index in [1.807, 2.05) is 0 Å². The number of hydrogen-bond acceptors (Lipinski definition) is 4. The first-order chi connectivity index (χ1) is 11.5. The Morgan fingerprint density at radius 1 is 1.04 bits per heavy atom. The molecule has 1 heterocycles. The zero-order chi connectivity index (χ0) is 17.3. The summed E-state index contributed by atoms with van der Waals surface area (Å²) in [5.41, 5.74) is 0.533. The zero-order valence-corrected chi connectivity index (χ0v) is 12.9. The summed E-state index contributed by atoms with van der Waals surface area (Å²) in [6.07, 6.45) is 1.31. The number of aromatic hydroxyl groups is 1. The number of carbonyl (C=O) groups is 3. The molecule has 4 amide bonds. The molecule has 6 nitrogen and oxygen atoms in total. The minimum Gasteiger partial charge on any atom is -0.508 e. The Hall–Kier alpha value is -3.12. The van der Waals surface area contributed by atoms with Gasteiger partial charge in [0.05, 0.1) is 5.69 Å². The lowest BCUT2D eigenvalue weighted by Crippen LogP contribution is -2.54. The molecule has 24 heavy (non-hydrogen) atoms. The number of anilines is 1. The molecule has 1 saturated heterocycles. The number of nitrogens with one attached hydrogen (secondary N) is 1. The third-order valence-corrected chi connectivity index (χ3v) is 3.62. The van der Waals surface area contributed by atoms with Crippen LogP contribution in [0.3, 0.4) is 0 Å². The van der Waals surface area contributed by atoms with E-state index < -0.39 is 17.8 Å². The number of urea groups is 1. The van der Waals surface area contributed by atoms with E-state index in [0.717, 1.165) is 4.90 Å². The first kappa shape index (κ1) is 15.8. The first-order valence-corrected chi connectivity index (χ1v) is 7.29. The van der Waals surface area contributed by atoms with E-state index >= 15 is 0 Å². The van der Waals surface area contributed by atoms with E-state index in [1.54, 1.807) is 12.1 Å². The number of hydrogen-bond donors (Lipinski definition) is 2. The zero-order valence-electron chi connectivity index (χ0n) is 12.2. The molecule has 1 aliphatic heterocycles. The molecule has 0 bridgehead atoms. The minimum atomic E-state index is -0.833. The fourth-order valence-electron chi connectivity index (χ4n) is 2.26. The van der Waals surface area contributed by atoms with Crippen molar-refractivity contribution >= 4 is 41.2 Å². The Kier molecular flexibility index (Phi) is 4.05. The molecule has 0 spiro atoms. The molecule has 0 radical (unpaired) electrons. The SMILES string of the molecule is O=C1NC(=O)N(c2ccc(Cl)cc2)C(=O)/C1=C\c1cccc(O)c1. The number of nitrogens with zero attached hydrogens (tertiary/aromatic N) is 1. The fraction of sp³-hybridized carbons (Fsp3) is 0. The lowest BCUT2D eigenvalue weighted by molar-refractivity contribution is -0.122. The molecular formula is C17H11ClN2O4. The Labute approximate surface area is 142 Å². The number of phenols is 1. The van der Waals surface area contributed by atoms with E-state index in [2.05, 4.69) is 5.32 Å². The summed E-state index contributed by atoms with van der Waals surface area (Å²) < 4.78 is 0. The van der Waals surface area contributed by atoms with Gasteiger partial charge in [-0.1, -0.05) is 23.7 Å². The van der Waals surface area contributed by atoms with Crippen molar-refractivity contribution < 1.29 is 19.5 Å². The highest BCUT2D eigenvalue weighted by atomic mass is 35.5. The Morgan fingerprint density at radius 3 is 2.42 bits per heavy atom. The van der Waals surface area contributed by atoms with E-state index in [0.29, 0.717) is 10.6 Å². The van der Waals surface area contributed by atoms with Crippen molar-refractivity contribution in [1.82, 2.24) is 5.32 Å². The number of benzene rings is 2. The van der Waals surface area contributed by atoms with Crippen molar-refractivity contribution in [2.75, 3.05) is 4.90 Å². The molecule has 0 unspecified atom stereocenters. The highest BCUT2D eigenvalue weighted by Gasteiger charge is 2.36. The van der Waals surface area contributed by atoms with E-state index in [4.69, 9.17) is 11.6 Å². The van der Waals surface area contributed by atoms with Crippen molar-refractivity contribution in [2.24, 2.45) is 0 Å². The number of halogens is 1. The predicted molar refractivity (Wildman–Crippen MR) is 88.6 cm³/mol. The molecule has 0 saturated carbocycles. The molecule has 2 aromatic carbocycles. The van der Waals surface area contributed by atoms with Gasteiger partial charge < -0.3 is 5.11 Å². The number of carbonyl (C=O) groups excluding carboxylic acids is 3. The van der Waals surface area contributed by atoms with E-state index in [9.17, 15) is 19.5 Å². The van der Waals surface area contributed by atoms with Gasteiger partial charge in [-0.3, -0.25) is 14.9 Å². The Morgan fingerprint density at radius 2 is 1.75 bits per heavy atom. The van der Waals surface area contributed by atoms with E-state index in [1.165, 1.54) is 42.5 Å². The smallest absolute Gasteiger partial charge is 0.335 e. The Balaban J connectivity index is 2.01. The Bertz CT molecular complexity index is 874. The molecule has 1 aliphatic rings. The van der Waals surface area contributed by atoms with Crippen LogP contribution in [0.25, 0.3) is 6.08 Å². The largest absolute Gasteiger partial charge is 0.508 e. The fourth-order valence-corrected chi connectivity index (χ4v) is 2.39. The van der Waals surface area contributed by atoms with Gasteiger partial charge in [0.25, 0.3) is 11.8 Å². The summed E-state index contributed by atoms with van der Waals surface area (Å²) in [5.74, 6) is -1.55. The molecular weight excluding hydrogens is 332 g/mol. The normalized spacial score (nSPS) is 16.5. The lowest BCUT2D eigenvalue weighted by atomic mass is 10.1. The van der Waals surface area contributed by atoms with Gasteiger partial charge in [-0.15, -0.1) is 0 Å². The summed E-state index contributed by atoms with van der Waals surface area (Å²) in [6.45, 7) is 0. The summed E-state index contributed by atoms with van der Waals surface area (Å²) in [5, 5.41) is 12.1. The molecule has 7 heteroatoms. The minimum absolute atomic E-state index is 0.00125. The second kappa shape index (κ2) is 6.17. The number of imide groups is 2. The predicted octanol–water partition coefficient (Wildman–Crippen LogP) is 2.71. The molecule has 2 N–H and O–H groups in total. The number of barbiturate groups is 1. The van der Waals surface area contributed by atoms with Crippen LogP contribution in [0, 0.1) is 0 Å².